The van der Waals surface area contributed by atoms with Gasteiger partial charge in [-0.1, -0.05) is 136 Å². The first-order valence-electron chi connectivity index (χ1n) is 21.6. The first kappa shape index (κ1) is 54.8. The highest BCUT2D eigenvalue weighted by Gasteiger charge is 2.48. The Labute approximate surface area is 360 Å². The lowest BCUT2D eigenvalue weighted by Gasteiger charge is -2.41. The number of ether oxygens (including phenoxy) is 4. The summed E-state index contributed by atoms with van der Waals surface area (Å²) in [6.45, 7) is 3.47. The molecule has 0 radical (unpaired) electrons. The van der Waals surface area contributed by atoms with Crippen LogP contribution in [0.25, 0.3) is 0 Å². The quantitative estimate of drug-likeness (QED) is 0.0206. The normalized spacial score (nSPS) is 21.3. The monoisotopic (exact) mass is 862 g/mol. The van der Waals surface area contributed by atoms with E-state index in [1.807, 2.05) is 12.2 Å². The summed E-state index contributed by atoms with van der Waals surface area (Å²) in [6.07, 6.45) is 42.9. The smallest absolute Gasteiger partial charge is 0.397 e. The highest BCUT2D eigenvalue weighted by atomic mass is 32.3. The van der Waals surface area contributed by atoms with E-state index < -0.39 is 59.8 Å². The van der Waals surface area contributed by atoms with Crippen LogP contribution in [0.2, 0.25) is 0 Å². The number of esters is 1. The van der Waals surface area contributed by atoms with Crippen molar-refractivity contribution in [3.63, 3.8) is 0 Å². The molecule has 0 bridgehead atoms. The highest BCUT2D eigenvalue weighted by molar-refractivity contribution is 7.80. The molecule has 1 aliphatic heterocycles. The molecule has 0 saturated carbocycles. The summed E-state index contributed by atoms with van der Waals surface area (Å²) in [6, 6.07) is 0. The number of allylic oxidation sites excluding steroid dienone is 17. The van der Waals surface area contributed by atoms with Gasteiger partial charge in [-0.05, 0) is 83.5 Å². The van der Waals surface area contributed by atoms with Gasteiger partial charge in [-0.3, -0.25) is 9.35 Å². The van der Waals surface area contributed by atoms with Crippen LogP contribution in [-0.2, 0) is 38.3 Å². The van der Waals surface area contributed by atoms with Crippen molar-refractivity contribution in [2.45, 2.75) is 153 Å². The van der Waals surface area contributed by atoms with Crippen LogP contribution in [0.1, 0.15) is 117 Å². The summed E-state index contributed by atoms with van der Waals surface area (Å²) in [5.41, 5.74) is 0. The van der Waals surface area contributed by atoms with Gasteiger partial charge in [-0.15, -0.1) is 0 Å². The Hall–Kier alpha value is -3.24. The third-order valence-corrected chi connectivity index (χ3v) is 9.38. The topological polar surface area (TPSA) is 178 Å². The number of carbonyl (C=O) groups excluding carboxylic acids is 1. The molecule has 60 heavy (non-hydrogen) atoms. The molecule has 0 aliphatic carbocycles. The van der Waals surface area contributed by atoms with Crippen molar-refractivity contribution < 1.29 is 56.2 Å². The molecular weight excluding hydrogens is 789 g/mol. The molecule has 6 atom stereocenters. The molecule has 1 saturated heterocycles. The van der Waals surface area contributed by atoms with Gasteiger partial charge in [0.15, 0.2) is 6.29 Å². The Morgan fingerprint density at radius 3 is 1.58 bits per heavy atom. The lowest BCUT2D eigenvalue weighted by Crippen LogP contribution is -2.60. The maximum absolute atomic E-state index is 12.8. The molecule has 340 valence electrons. The Kier molecular flexibility index (Phi) is 34.3. The SMILES string of the molecule is CC/C=C\C/C=C\C/C=C\C/C=C\C/C=C\CCOCC(COC1OC(CO)C(O)C(OS(=O)(=O)O)C1O)OC(=O)CCCCCC/C=C\C/C=C\C/C=C\C/C=C\CC. The predicted octanol–water partition coefficient (Wildman–Crippen LogP) is 8.85. The van der Waals surface area contributed by atoms with Gasteiger partial charge >= 0.3 is 16.4 Å². The van der Waals surface area contributed by atoms with Crippen molar-refractivity contribution in [2.75, 3.05) is 26.4 Å². The molecule has 1 fully saturated rings. The molecule has 0 aromatic rings. The molecule has 0 spiro atoms. The molecule has 1 rings (SSSR count). The van der Waals surface area contributed by atoms with Crippen molar-refractivity contribution in [2.24, 2.45) is 0 Å². The Bertz CT molecular complexity index is 1460. The molecule has 4 N–H and O–H groups in total. The summed E-state index contributed by atoms with van der Waals surface area (Å²) < 4.78 is 58.8. The van der Waals surface area contributed by atoms with Gasteiger partial charge in [0.05, 0.1) is 26.4 Å². The molecule has 13 heteroatoms. The van der Waals surface area contributed by atoms with E-state index in [9.17, 15) is 28.5 Å². The van der Waals surface area contributed by atoms with Gasteiger partial charge in [-0.2, -0.15) is 8.42 Å². The number of aliphatic hydroxyl groups excluding tert-OH is 3. The standard InChI is InChI=1S/C47H74O12S/c1-3-5-7-9-11-13-15-17-19-21-22-24-26-28-30-32-34-36-43(49)57-41(40-56-47-45(51)46(59-60(52,53)54)44(50)42(38-48)58-47)39-55-37-35-33-31-29-27-25-23-20-18-16-14-12-10-8-6-4-2/h5-8,11-14,17-20,22,24-25,27,31,33,41-42,44-48,50-51H,3-4,9-10,15-16,21,23,26,28-30,32,34-40H2,1-2H3,(H,52,53,54)/b7-5-,8-6-,13-11-,14-12-,19-17-,20-18-,24-22-,27-25-,33-31-. The van der Waals surface area contributed by atoms with E-state index in [1.165, 1.54) is 0 Å². The number of unbranched alkanes of at least 4 members (excludes halogenated alkanes) is 4. The van der Waals surface area contributed by atoms with E-state index in [4.69, 9.17) is 23.5 Å². The molecule has 6 unspecified atom stereocenters. The fourth-order valence-electron chi connectivity index (χ4n) is 5.73. The maximum Gasteiger partial charge on any atom is 0.397 e. The second-order valence-corrected chi connectivity index (χ2v) is 15.2. The van der Waals surface area contributed by atoms with Crippen LogP contribution in [0.5, 0.6) is 0 Å². The molecule has 1 heterocycles. The second kappa shape index (κ2) is 37.5. The Morgan fingerprint density at radius 1 is 0.633 bits per heavy atom. The highest BCUT2D eigenvalue weighted by Crippen LogP contribution is 2.26. The van der Waals surface area contributed by atoms with Gasteiger partial charge < -0.3 is 34.3 Å². The van der Waals surface area contributed by atoms with Crippen molar-refractivity contribution in [3.05, 3.63) is 109 Å². The van der Waals surface area contributed by atoms with E-state index in [0.29, 0.717) is 19.4 Å². The first-order chi connectivity index (χ1) is 29.1. The third-order valence-electron chi connectivity index (χ3n) is 8.91. The van der Waals surface area contributed by atoms with Crippen LogP contribution < -0.4 is 0 Å². The van der Waals surface area contributed by atoms with Crippen molar-refractivity contribution in [1.82, 2.24) is 0 Å². The van der Waals surface area contributed by atoms with Gasteiger partial charge in [0.25, 0.3) is 0 Å². The van der Waals surface area contributed by atoms with Crippen molar-refractivity contribution in [1.29, 1.82) is 0 Å². The van der Waals surface area contributed by atoms with Crippen LogP contribution in [-0.4, -0.2) is 97.5 Å². The zero-order valence-electron chi connectivity index (χ0n) is 36.0. The van der Waals surface area contributed by atoms with E-state index in [2.05, 4.69) is 115 Å². The molecular formula is C47H74O12S. The number of carbonyl (C=O) groups is 1. The Morgan fingerprint density at radius 2 is 1.10 bits per heavy atom. The van der Waals surface area contributed by atoms with E-state index in [1.54, 1.807) is 0 Å². The maximum atomic E-state index is 12.8. The minimum Gasteiger partial charge on any atom is -0.457 e. The fraction of sp³-hybridized carbons (Fsp3) is 0.596. The molecule has 1 aliphatic rings. The summed E-state index contributed by atoms with van der Waals surface area (Å²) in [5, 5.41) is 30.6. The van der Waals surface area contributed by atoms with Crippen LogP contribution >= 0.6 is 0 Å². The molecule has 0 aromatic carbocycles. The minimum absolute atomic E-state index is 0.0366. The van der Waals surface area contributed by atoms with Gasteiger partial charge in [0, 0.05) is 6.42 Å². The summed E-state index contributed by atoms with van der Waals surface area (Å²) in [4.78, 5) is 12.8. The first-order valence-corrected chi connectivity index (χ1v) is 23.0. The average Bonchev–Trinajstić information content (AvgIpc) is 3.22. The van der Waals surface area contributed by atoms with Gasteiger partial charge in [0.1, 0.15) is 30.5 Å². The summed E-state index contributed by atoms with van der Waals surface area (Å²) >= 11 is 0. The minimum atomic E-state index is -5.08. The fourth-order valence-corrected chi connectivity index (χ4v) is 6.23. The largest absolute Gasteiger partial charge is 0.457 e. The second-order valence-electron chi connectivity index (χ2n) is 14.2. The molecule has 0 amide bonds. The predicted molar refractivity (Wildman–Crippen MR) is 238 cm³/mol. The third kappa shape index (κ3) is 30.7. The lowest BCUT2D eigenvalue weighted by atomic mass is 9.99. The van der Waals surface area contributed by atoms with Gasteiger partial charge in [0.2, 0.25) is 0 Å². The lowest BCUT2D eigenvalue weighted by molar-refractivity contribution is -0.301. The van der Waals surface area contributed by atoms with Crippen LogP contribution in [0.4, 0.5) is 0 Å². The summed E-state index contributed by atoms with van der Waals surface area (Å²) in [7, 11) is -5.08. The molecule has 0 aromatic heterocycles. The Balaban J connectivity index is 2.54. The van der Waals surface area contributed by atoms with Crippen LogP contribution in [0, 0.1) is 0 Å². The number of hydrogen-bond acceptors (Lipinski definition) is 11. The van der Waals surface area contributed by atoms with Gasteiger partial charge in [-0.25, -0.2) is 4.18 Å². The molecule has 12 nitrogen and oxygen atoms in total. The summed E-state index contributed by atoms with van der Waals surface area (Å²) in [5.74, 6) is -0.453. The zero-order valence-corrected chi connectivity index (χ0v) is 36.8. The van der Waals surface area contributed by atoms with E-state index in [0.717, 1.165) is 83.5 Å². The number of rotatable bonds is 35. The number of aliphatic hydroxyl groups is 3. The van der Waals surface area contributed by atoms with E-state index >= 15 is 0 Å². The van der Waals surface area contributed by atoms with Crippen LogP contribution in [0.3, 0.4) is 0 Å². The number of hydrogen-bond donors (Lipinski definition) is 4. The van der Waals surface area contributed by atoms with Crippen molar-refractivity contribution >= 4 is 16.4 Å². The average molecular weight is 863 g/mol. The van der Waals surface area contributed by atoms with E-state index in [-0.39, 0.29) is 19.6 Å². The zero-order chi connectivity index (χ0) is 43.9. The van der Waals surface area contributed by atoms with Crippen molar-refractivity contribution in [3.8, 4) is 0 Å². The van der Waals surface area contributed by atoms with Crippen LogP contribution in [0.15, 0.2) is 109 Å².